The summed E-state index contributed by atoms with van der Waals surface area (Å²) in [5.41, 5.74) is 5.14. The van der Waals surface area contributed by atoms with Gasteiger partial charge in [-0.05, 0) is 38.3 Å². The van der Waals surface area contributed by atoms with Crippen LogP contribution in [-0.2, 0) is 10.0 Å². The molecule has 0 aliphatic rings. The summed E-state index contributed by atoms with van der Waals surface area (Å²) in [6.07, 6.45) is 1.88. The summed E-state index contributed by atoms with van der Waals surface area (Å²) in [7, 11) is -3.56. The molecule has 0 bridgehead atoms. The van der Waals surface area contributed by atoms with Crippen LogP contribution in [0.4, 0.5) is 0 Å². The number of hydrogen-bond donors (Lipinski definition) is 2. The molecule has 0 aliphatic heterocycles. The molecule has 0 fully saturated rings. The third kappa shape index (κ3) is 4.44. The Morgan fingerprint density at radius 2 is 2.06 bits per heavy atom. The summed E-state index contributed by atoms with van der Waals surface area (Å²) in [4.78, 5) is 0.990. The van der Waals surface area contributed by atoms with Gasteiger partial charge in [0.25, 0.3) is 0 Å². The number of sulfonamides is 1. The van der Waals surface area contributed by atoms with E-state index in [0.717, 1.165) is 4.90 Å². The summed E-state index contributed by atoms with van der Waals surface area (Å²) in [6.45, 7) is 3.66. The molecule has 3 N–H and O–H groups in total. The van der Waals surface area contributed by atoms with Gasteiger partial charge in [-0.25, -0.2) is 13.1 Å². The molecule has 0 heterocycles. The van der Waals surface area contributed by atoms with E-state index in [-0.39, 0.29) is 11.4 Å². The number of thioether (sulfide) groups is 1. The number of nitrogens with one attached hydrogen (secondary N) is 1. The third-order valence-corrected chi connectivity index (χ3v) is 4.77. The highest BCUT2D eigenvalue weighted by Crippen LogP contribution is 2.27. The molecule has 0 amide bonds. The maximum atomic E-state index is 12.0. The molecule has 0 atom stereocenters. The zero-order valence-corrected chi connectivity index (χ0v) is 12.9. The Kier molecular flexibility index (Phi) is 5.08. The lowest BCUT2D eigenvalue weighted by atomic mass is 10.1. The van der Waals surface area contributed by atoms with Gasteiger partial charge in [0.1, 0.15) is 0 Å². The molecular formula is C11H17ClN2O2S2. The fourth-order valence-corrected chi connectivity index (χ4v) is 3.36. The predicted molar refractivity (Wildman–Crippen MR) is 76.7 cm³/mol. The molecule has 0 radical (unpaired) electrons. The first-order valence-corrected chi connectivity index (χ1v) is 8.36. The van der Waals surface area contributed by atoms with Crippen LogP contribution >= 0.6 is 23.4 Å². The topological polar surface area (TPSA) is 72.2 Å². The maximum Gasteiger partial charge on any atom is 0.240 e. The Morgan fingerprint density at radius 1 is 1.44 bits per heavy atom. The van der Waals surface area contributed by atoms with Crippen molar-refractivity contribution >= 4 is 33.4 Å². The molecule has 0 unspecified atom stereocenters. The molecule has 1 rings (SSSR count). The summed E-state index contributed by atoms with van der Waals surface area (Å²) >= 11 is 7.45. The fraction of sp³-hybridized carbons (Fsp3) is 0.455. The summed E-state index contributed by atoms with van der Waals surface area (Å²) in [6, 6.07) is 4.66. The molecule has 102 valence electrons. The highest BCUT2D eigenvalue weighted by atomic mass is 35.5. The van der Waals surface area contributed by atoms with E-state index in [9.17, 15) is 8.42 Å². The third-order valence-electron chi connectivity index (χ3n) is 2.15. The van der Waals surface area contributed by atoms with Gasteiger partial charge in [0, 0.05) is 17.0 Å². The number of nitrogens with two attached hydrogens (primary N) is 1. The van der Waals surface area contributed by atoms with Crippen molar-refractivity contribution in [3.05, 3.63) is 23.2 Å². The van der Waals surface area contributed by atoms with Crippen LogP contribution in [-0.4, -0.2) is 26.8 Å². The van der Waals surface area contributed by atoms with Gasteiger partial charge >= 0.3 is 0 Å². The monoisotopic (exact) mass is 308 g/mol. The minimum atomic E-state index is -3.56. The van der Waals surface area contributed by atoms with Gasteiger partial charge in [0.05, 0.1) is 9.92 Å². The molecular weight excluding hydrogens is 292 g/mol. The molecule has 4 nitrogen and oxygen atoms in total. The van der Waals surface area contributed by atoms with Crippen LogP contribution in [0.25, 0.3) is 0 Å². The molecule has 1 aromatic carbocycles. The van der Waals surface area contributed by atoms with E-state index in [0.29, 0.717) is 5.02 Å². The first-order chi connectivity index (χ1) is 8.15. The van der Waals surface area contributed by atoms with Crippen molar-refractivity contribution in [1.82, 2.24) is 4.72 Å². The van der Waals surface area contributed by atoms with Crippen LogP contribution in [0, 0.1) is 0 Å². The Bertz CT molecular complexity index is 524. The lowest BCUT2D eigenvalue weighted by molar-refractivity contribution is 0.498. The van der Waals surface area contributed by atoms with Crippen molar-refractivity contribution in [3.8, 4) is 0 Å². The first kappa shape index (κ1) is 15.8. The Hall–Kier alpha value is -0.270. The second kappa shape index (κ2) is 5.79. The van der Waals surface area contributed by atoms with Crippen LogP contribution in [0.5, 0.6) is 0 Å². The fourth-order valence-electron chi connectivity index (χ4n) is 1.18. The van der Waals surface area contributed by atoms with E-state index in [1.807, 2.05) is 6.26 Å². The summed E-state index contributed by atoms with van der Waals surface area (Å²) in [5.74, 6) is 0. The van der Waals surface area contributed by atoms with Gasteiger partial charge in [0.2, 0.25) is 10.0 Å². The normalized spacial score (nSPS) is 12.7. The first-order valence-electron chi connectivity index (χ1n) is 5.28. The van der Waals surface area contributed by atoms with Crippen LogP contribution in [0.1, 0.15) is 13.8 Å². The van der Waals surface area contributed by atoms with Crippen molar-refractivity contribution in [3.63, 3.8) is 0 Å². The Morgan fingerprint density at radius 3 is 2.50 bits per heavy atom. The molecule has 18 heavy (non-hydrogen) atoms. The van der Waals surface area contributed by atoms with Crippen molar-refractivity contribution in [2.75, 3.05) is 12.8 Å². The SMILES string of the molecule is CSc1ccc(S(=O)(=O)NCC(C)(C)N)cc1Cl. The number of rotatable bonds is 5. The average molecular weight is 309 g/mol. The lowest BCUT2D eigenvalue weighted by Crippen LogP contribution is -2.45. The Labute approximate surface area is 117 Å². The van der Waals surface area contributed by atoms with Crippen LogP contribution in [0.3, 0.4) is 0 Å². The van der Waals surface area contributed by atoms with Crippen molar-refractivity contribution < 1.29 is 8.42 Å². The number of hydrogen-bond acceptors (Lipinski definition) is 4. The van der Waals surface area contributed by atoms with Crippen molar-refractivity contribution in [1.29, 1.82) is 0 Å². The van der Waals surface area contributed by atoms with E-state index < -0.39 is 15.6 Å². The van der Waals surface area contributed by atoms with E-state index in [1.165, 1.54) is 23.9 Å². The molecule has 7 heteroatoms. The second-order valence-electron chi connectivity index (χ2n) is 4.61. The van der Waals surface area contributed by atoms with Gasteiger partial charge in [-0.3, -0.25) is 0 Å². The van der Waals surface area contributed by atoms with Gasteiger partial charge in [-0.15, -0.1) is 11.8 Å². The Balaban J connectivity index is 2.96. The lowest BCUT2D eigenvalue weighted by Gasteiger charge is -2.19. The molecule has 0 saturated heterocycles. The highest BCUT2D eigenvalue weighted by Gasteiger charge is 2.19. The van der Waals surface area contributed by atoms with Gasteiger partial charge in [-0.2, -0.15) is 0 Å². The van der Waals surface area contributed by atoms with Crippen LogP contribution in [0.2, 0.25) is 5.02 Å². The number of halogens is 1. The summed E-state index contributed by atoms with van der Waals surface area (Å²) < 4.78 is 26.5. The zero-order chi connectivity index (χ0) is 14.0. The quantitative estimate of drug-likeness (QED) is 0.817. The van der Waals surface area contributed by atoms with Gasteiger partial charge < -0.3 is 5.73 Å². The van der Waals surface area contributed by atoms with Crippen LogP contribution in [0.15, 0.2) is 28.0 Å². The standard InChI is InChI=1S/C11H17ClN2O2S2/c1-11(2,13)7-14-18(15,16)8-4-5-10(17-3)9(12)6-8/h4-6,14H,7,13H2,1-3H3. The molecule has 0 spiro atoms. The largest absolute Gasteiger partial charge is 0.324 e. The van der Waals surface area contributed by atoms with E-state index >= 15 is 0 Å². The van der Waals surface area contributed by atoms with E-state index in [2.05, 4.69) is 4.72 Å². The minimum absolute atomic E-state index is 0.148. The predicted octanol–water partition coefficient (Wildman–Crippen LogP) is 2.08. The highest BCUT2D eigenvalue weighted by molar-refractivity contribution is 7.98. The minimum Gasteiger partial charge on any atom is -0.324 e. The smallest absolute Gasteiger partial charge is 0.240 e. The van der Waals surface area contributed by atoms with Crippen molar-refractivity contribution in [2.24, 2.45) is 5.73 Å². The van der Waals surface area contributed by atoms with Gasteiger partial charge in [-0.1, -0.05) is 11.6 Å². The summed E-state index contributed by atoms with van der Waals surface area (Å²) in [5, 5.41) is 0.428. The van der Waals surface area contributed by atoms with Crippen LogP contribution < -0.4 is 10.5 Å². The average Bonchev–Trinajstić information content (AvgIpc) is 2.25. The maximum absolute atomic E-state index is 12.0. The molecule has 0 aromatic heterocycles. The van der Waals surface area contributed by atoms with Gasteiger partial charge in [0.15, 0.2) is 0 Å². The van der Waals surface area contributed by atoms with E-state index in [1.54, 1.807) is 19.9 Å². The number of benzene rings is 1. The van der Waals surface area contributed by atoms with Crippen molar-refractivity contribution in [2.45, 2.75) is 29.2 Å². The zero-order valence-electron chi connectivity index (χ0n) is 10.5. The van der Waals surface area contributed by atoms with E-state index in [4.69, 9.17) is 17.3 Å². The molecule has 0 aliphatic carbocycles. The second-order valence-corrected chi connectivity index (χ2v) is 7.63. The molecule has 0 saturated carbocycles. The molecule has 1 aromatic rings.